The number of aromatic amines is 1. The van der Waals surface area contributed by atoms with Gasteiger partial charge in [0.25, 0.3) is 0 Å². The van der Waals surface area contributed by atoms with E-state index >= 15 is 0 Å². The Bertz CT molecular complexity index is 1190. The molecule has 3 heterocycles. The van der Waals surface area contributed by atoms with Crippen LogP contribution in [0.25, 0.3) is 16.6 Å². The van der Waals surface area contributed by atoms with E-state index in [0.717, 1.165) is 39.0 Å². The molecule has 6 heteroatoms. The molecule has 6 nitrogen and oxygen atoms in total. The lowest BCUT2D eigenvalue weighted by Crippen LogP contribution is -2.13. The summed E-state index contributed by atoms with van der Waals surface area (Å²) in [7, 11) is 3.30. The number of nitrogens with one attached hydrogen (secondary N) is 1. The van der Waals surface area contributed by atoms with Crippen LogP contribution in [0.3, 0.4) is 0 Å². The summed E-state index contributed by atoms with van der Waals surface area (Å²) in [6.07, 6.45) is 5.27. The highest BCUT2D eigenvalue weighted by Gasteiger charge is 2.22. The predicted molar refractivity (Wildman–Crippen MR) is 120 cm³/mol. The van der Waals surface area contributed by atoms with Crippen LogP contribution in [-0.2, 0) is 16.0 Å². The van der Waals surface area contributed by atoms with E-state index in [1.165, 1.54) is 0 Å². The molecule has 30 heavy (non-hydrogen) atoms. The number of benzene rings is 1. The number of fused-ring (bicyclic) bond motifs is 1. The number of aromatic nitrogens is 2. The molecule has 1 aliphatic rings. The van der Waals surface area contributed by atoms with Gasteiger partial charge in [0.05, 0.1) is 18.5 Å². The van der Waals surface area contributed by atoms with Crippen molar-refractivity contribution < 1.29 is 9.53 Å². The number of hydrogen-bond donors (Lipinski definition) is 1. The summed E-state index contributed by atoms with van der Waals surface area (Å²) in [4.78, 5) is 29.0. The molecule has 2 aromatic heterocycles. The van der Waals surface area contributed by atoms with Crippen molar-refractivity contribution in [3.05, 3.63) is 71.2 Å². The second-order valence-electron chi connectivity index (χ2n) is 7.37. The molecule has 0 fully saturated rings. The number of hydrogen-bond acceptors (Lipinski definition) is 5. The largest absolute Gasteiger partial charge is 0.480 e. The fourth-order valence-corrected chi connectivity index (χ4v) is 3.74. The van der Waals surface area contributed by atoms with Crippen LogP contribution in [0.2, 0.25) is 0 Å². The molecule has 1 aliphatic heterocycles. The maximum Gasteiger partial charge on any atom is 0.232 e. The number of pyridine rings is 1. The number of ketones is 1. The number of rotatable bonds is 6. The van der Waals surface area contributed by atoms with Crippen molar-refractivity contribution in [1.29, 1.82) is 0 Å². The maximum atomic E-state index is 12.7. The summed E-state index contributed by atoms with van der Waals surface area (Å²) >= 11 is 0. The first-order chi connectivity index (χ1) is 14.6. The number of allylic oxidation sites excluding steroid dienone is 1. The molecule has 0 radical (unpaired) electrons. The van der Waals surface area contributed by atoms with E-state index in [1.807, 2.05) is 37.3 Å². The van der Waals surface area contributed by atoms with Crippen LogP contribution in [-0.4, -0.2) is 41.5 Å². The Morgan fingerprint density at radius 2 is 2.13 bits per heavy atom. The van der Waals surface area contributed by atoms with E-state index < -0.39 is 0 Å². The monoisotopic (exact) mass is 400 g/mol. The van der Waals surface area contributed by atoms with Crippen LogP contribution in [0.1, 0.15) is 36.6 Å². The van der Waals surface area contributed by atoms with Gasteiger partial charge >= 0.3 is 0 Å². The highest BCUT2D eigenvalue weighted by Crippen LogP contribution is 2.31. The molecule has 0 amide bonds. The van der Waals surface area contributed by atoms with E-state index in [0.29, 0.717) is 30.9 Å². The lowest BCUT2D eigenvalue weighted by atomic mass is 10.0. The van der Waals surface area contributed by atoms with Gasteiger partial charge in [-0.25, -0.2) is 4.99 Å². The Kier molecular flexibility index (Phi) is 5.57. The minimum Gasteiger partial charge on any atom is -0.480 e. The minimum absolute atomic E-state index is 0.0992. The highest BCUT2D eigenvalue weighted by atomic mass is 16.5. The van der Waals surface area contributed by atoms with Crippen molar-refractivity contribution in [3.63, 3.8) is 0 Å². The molecule has 0 saturated carbocycles. The zero-order valence-corrected chi connectivity index (χ0v) is 17.4. The number of aliphatic imine (C=N–C) groups is 2. The third-order valence-corrected chi connectivity index (χ3v) is 5.29. The quantitative estimate of drug-likeness (QED) is 0.493. The van der Waals surface area contributed by atoms with Crippen LogP contribution >= 0.6 is 0 Å². The number of methoxy groups -OCH3 is 1. The van der Waals surface area contributed by atoms with Crippen molar-refractivity contribution in [2.45, 2.75) is 26.2 Å². The van der Waals surface area contributed by atoms with Crippen molar-refractivity contribution in [2.24, 2.45) is 9.98 Å². The molecule has 0 aliphatic carbocycles. The summed E-state index contributed by atoms with van der Waals surface area (Å²) in [5.74, 6) is 0.658. The Morgan fingerprint density at radius 3 is 2.87 bits per heavy atom. The highest BCUT2D eigenvalue weighted by molar-refractivity contribution is 6.42. The molecule has 0 bridgehead atoms. The van der Waals surface area contributed by atoms with Crippen LogP contribution in [0.4, 0.5) is 0 Å². The molecule has 3 aromatic rings. The number of carbonyl (C=O) groups is 1. The fraction of sp³-hybridized carbons (Fsp3) is 0.250. The summed E-state index contributed by atoms with van der Waals surface area (Å²) in [6.45, 7) is 2.04. The summed E-state index contributed by atoms with van der Waals surface area (Å²) in [6, 6.07) is 12.0. The van der Waals surface area contributed by atoms with Crippen LogP contribution < -0.4 is 0 Å². The van der Waals surface area contributed by atoms with Gasteiger partial charge in [-0.3, -0.25) is 14.8 Å². The molecule has 1 N–H and O–H groups in total. The summed E-state index contributed by atoms with van der Waals surface area (Å²) in [5.41, 5.74) is 6.55. The maximum absolute atomic E-state index is 12.7. The number of ether oxygens (including phenoxy) is 1. The number of aryl methyl sites for hydroxylation is 1. The van der Waals surface area contributed by atoms with E-state index in [2.05, 4.69) is 21.0 Å². The molecular formula is C24H24N4O2. The lowest BCUT2D eigenvalue weighted by molar-refractivity contribution is -0.113. The number of carbonyl (C=O) groups excluding carboxylic acids is 1. The van der Waals surface area contributed by atoms with Crippen molar-refractivity contribution in [2.75, 3.05) is 14.2 Å². The zero-order valence-electron chi connectivity index (χ0n) is 17.4. The zero-order chi connectivity index (χ0) is 21.1. The Labute approximate surface area is 175 Å². The van der Waals surface area contributed by atoms with Crippen molar-refractivity contribution in [3.8, 4) is 0 Å². The van der Waals surface area contributed by atoms with Crippen molar-refractivity contribution >= 4 is 34.0 Å². The third kappa shape index (κ3) is 3.94. The average Bonchev–Trinajstić information content (AvgIpc) is 3.36. The third-order valence-electron chi connectivity index (χ3n) is 5.29. The molecule has 4 rings (SSSR count). The van der Waals surface area contributed by atoms with Crippen LogP contribution in [0.15, 0.2) is 64.3 Å². The Morgan fingerprint density at radius 1 is 1.27 bits per heavy atom. The Hall–Kier alpha value is -3.54. The van der Waals surface area contributed by atoms with Gasteiger partial charge in [-0.05, 0) is 48.7 Å². The second kappa shape index (κ2) is 8.45. The standard InChI is InChI=1S/C24H24N4O2/c1-15-11-20(22(29)9-6-16-5-4-10-26-14-16)28-23(15)17-7-8-19-18(12-17)13-21(27-19)24(25-2)30-3/h4-5,7-8,10,12-14,27H,6,9,11H2,1-3H3. The molecular weight excluding hydrogens is 376 g/mol. The van der Waals surface area contributed by atoms with E-state index in [4.69, 9.17) is 9.73 Å². The van der Waals surface area contributed by atoms with E-state index in [9.17, 15) is 4.79 Å². The van der Waals surface area contributed by atoms with E-state index in [1.54, 1.807) is 26.6 Å². The smallest absolute Gasteiger partial charge is 0.232 e. The molecule has 0 saturated heterocycles. The molecule has 0 atom stereocenters. The van der Waals surface area contributed by atoms with Gasteiger partial charge < -0.3 is 9.72 Å². The number of nitrogens with zero attached hydrogens (tertiary/aromatic N) is 3. The SMILES string of the molecule is CN=C(OC)c1cc2cc(C3=C(C)CC(C(=O)CCc4cccnc4)=N3)ccc2[nH]1. The summed E-state index contributed by atoms with van der Waals surface area (Å²) in [5, 5.41) is 1.05. The van der Waals surface area contributed by atoms with Gasteiger partial charge in [0.2, 0.25) is 5.90 Å². The predicted octanol–water partition coefficient (Wildman–Crippen LogP) is 4.36. The fourth-order valence-electron chi connectivity index (χ4n) is 3.74. The van der Waals surface area contributed by atoms with Crippen molar-refractivity contribution in [1.82, 2.24) is 9.97 Å². The average molecular weight is 400 g/mol. The molecule has 152 valence electrons. The van der Waals surface area contributed by atoms with Crippen LogP contribution in [0.5, 0.6) is 0 Å². The molecule has 0 unspecified atom stereocenters. The number of H-pyrrole nitrogens is 1. The minimum atomic E-state index is 0.0992. The normalized spacial score (nSPS) is 14.4. The molecule has 1 aromatic carbocycles. The summed E-state index contributed by atoms with van der Waals surface area (Å²) < 4.78 is 5.30. The lowest BCUT2D eigenvalue weighted by Gasteiger charge is -2.02. The van der Waals surface area contributed by atoms with E-state index in [-0.39, 0.29) is 5.78 Å². The van der Waals surface area contributed by atoms with Gasteiger partial charge in [-0.15, -0.1) is 0 Å². The number of Topliss-reactive ketones (excluding diaryl/α,β-unsaturated/α-hetero) is 1. The first-order valence-electron chi connectivity index (χ1n) is 9.92. The van der Waals surface area contributed by atoms with Crippen LogP contribution in [0, 0.1) is 0 Å². The topological polar surface area (TPSA) is 79.7 Å². The Balaban J connectivity index is 1.54. The van der Waals surface area contributed by atoms with Gasteiger partial charge in [-0.2, -0.15) is 0 Å². The van der Waals surface area contributed by atoms with Gasteiger partial charge in [0.1, 0.15) is 5.69 Å². The van der Waals surface area contributed by atoms with Gasteiger partial charge in [0, 0.05) is 48.7 Å². The second-order valence-corrected chi connectivity index (χ2v) is 7.37. The first kappa shape index (κ1) is 19.8. The first-order valence-corrected chi connectivity index (χ1v) is 9.92. The molecule has 0 spiro atoms. The van der Waals surface area contributed by atoms with Gasteiger partial charge in [-0.1, -0.05) is 12.1 Å². The van der Waals surface area contributed by atoms with Gasteiger partial charge in [0.15, 0.2) is 5.78 Å².